The number of amides is 1. The van der Waals surface area contributed by atoms with Crippen LogP contribution in [-0.4, -0.2) is 25.1 Å². The third-order valence-electron chi connectivity index (χ3n) is 2.84. The fraction of sp³-hybridized carbons (Fsp3) is 0.462. The summed E-state index contributed by atoms with van der Waals surface area (Å²) in [5.74, 6) is 0.801. The van der Waals surface area contributed by atoms with Crippen LogP contribution in [0.2, 0.25) is 0 Å². The van der Waals surface area contributed by atoms with Gasteiger partial charge >= 0.3 is 0 Å². The molecule has 1 heterocycles. The number of rotatable bonds is 4. The third kappa shape index (κ3) is 2.26. The fourth-order valence-electron chi connectivity index (χ4n) is 2.06. The molecule has 1 aromatic carbocycles. The first kappa shape index (κ1) is 11.9. The van der Waals surface area contributed by atoms with Crippen LogP contribution in [0.4, 0.5) is 5.69 Å². The number of carbonyl (C=O) groups is 1. The Labute approximate surface area is 101 Å². The maximum atomic E-state index is 12.2. The van der Waals surface area contributed by atoms with Gasteiger partial charge in [0.25, 0.3) is 5.91 Å². The van der Waals surface area contributed by atoms with Gasteiger partial charge in [-0.3, -0.25) is 4.79 Å². The molecule has 2 rings (SSSR count). The predicted molar refractivity (Wildman–Crippen MR) is 67.2 cm³/mol. The molecular weight excluding hydrogens is 216 g/mol. The minimum atomic E-state index is -0.429. The Morgan fingerprint density at radius 3 is 2.88 bits per heavy atom. The average molecular weight is 234 g/mol. The van der Waals surface area contributed by atoms with E-state index in [2.05, 4.69) is 6.92 Å². The van der Waals surface area contributed by atoms with Gasteiger partial charge in [-0.05, 0) is 25.1 Å². The highest BCUT2D eigenvalue weighted by Gasteiger charge is 2.32. The number of ether oxygens (including phenoxy) is 1. The molecule has 1 atom stereocenters. The van der Waals surface area contributed by atoms with Crippen LogP contribution in [0.5, 0.6) is 5.75 Å². The monoisotopic (exact) mass is 234 g/mol. The summed E-state index contributed by atoms with van der Waals surface area (Å²) in [6, 6.07) is 7.65. The summed E-state index contributed by atoms with van der Waals surface area (Å²) in [6.07, 6.45) is 1.06. The summed E-state index contributed by atoms with van der Waals surface area (Å²) in [4.78, 5) is 14.0. The smallest absolute Gasteiger partial charge is 0.268 e. The molecule has 0 aromatic heterocycles. The van der Waals surface area contributed by atoms with Crippen LogP contribution in [0.25, 0.3) is 0 Å². The number of benzene rings is 1. The van der Waals surface area contributed by atoms with Gasteiger partial charge in [0.1, 0.15) is 5.75 Å². The second-order valence-corrected chi connectivity index (χ2v) is 4.14. The van der Waals surface area contributed by atoms with Gasteiger partial charge in [-0.1, -0.05) is 19.1 Å². The van der Waals surface area contributed by atoms with Gasteiger partial charge < -0.3 is 15.4 Å². The number of hydrogen-bond acceptors (Lipinski definition) is 3. The number of hydrogen-bond donors (Lipinski definition) is 1. The van der Waals surface area contributed by atoms with Crippen LogP contribution in [0, 0.1) is 0 Å². The normalized spacial score (nSPS) is 18.8. The highest BCUT2D eigenvalue weighted by atomic mass is 16.5. The Morgan fingerprint density at radius 2 is 2.18 bits per heavy atom. The number of anilines is 1. The van der Waals surface area contributed by atoms with E-state index < -0.39 is 6.10 Å². The van der Waals surface area contributed by atoms with E-state index in [-0.39, 0.29) is 5.91 Å². The molecule has 0 spiro atoms. The Kier molecular flexibility index (Phi) is 3.64. The van der Waals surface area contributed by atoms with Crippen molar-refractivity contribution in [3.63, 3.8) is 0 Å². The Balaban J connectivity index is 2.32. The van der Waals surface area contributed by atoms with Gasteiger partial charge in [-0.25, -0.2) is 0 Å². The van der Waals surface area contributed by atoms with Crippen molar-refractivity contribution >= 4 is 11.6 Å². The van der Waals surface area contributed by atoms with Crippen molar-refractivity contribution in [1.82, 2.24) is 0 Å². The molecule has 1 amide bonds. The van der Waals surface area contributed by atoms with Crippen molar-refractivity contribution in [3.05, 3.63) is 24.3 Å². The maximum Gasteiger partial charge on any atom is 0.268 e. The molecule has 0 aliphatic carbocycles. The molecule has 0 bridgehead atoms. The number of fused-ring (bicyclic) bond motifs is 1. The maximum absolute atomic E-state index is 12.2. The van der Waals surface area contributed by atoms with Crippen LogP contribution >= 0.6 is 0 Å². The number of carbonyl (C=O) groups excluding carboxylic acids is 1. The van der Waals surface area contributed by atoms with Gasteiger partial charge in [0.2, 0.25) is 0 Å². The lowest BCUT2D eigenvalue weighted by Gasteiger charge is -2.34. The lowest BCUT2D eigenvalue weighted by Crippen LogP contribution is -2.47. The highest BCUT2D eigenvalue weighted by Crippen LogP contribution is 2.34. The number of nitrogens with zero attached hydrogens (tertiary/aromatic N) is 1. The van der Waals surface area contributed by atoms with E-state index in [0.29, 0.717) is 13.0 Å². The van der Waals surface area contributed by atoms with Crippen molar-refractivity contribution in [1.29, 1.82) is 0 Å². The third-order valence-corrected chi connectivity index (χ3v) is 2.84. The first-order valence-corrected chi connectivity index (χ1v) is 6.05. The molecule has 17 heavy (non-hydrogen) atoms. The Hall–Kier alpha value is -1.55. The summed E-state index contributed by atoms with van der Waals surface area (Å²) < 4.78 is 5.69. The van der Waals surface area contributed by atoms with Crippen molar-refractivity contribution in [2.75, 3.05) is 18.0 Å². The zero-order valence-corrected chi connectivity index (χ0v) is 10.1. The van der Waals surface area contributed by atoms with Gasteiger partial charge in [-0.15, -0.1) is 0 Å². The summed E-state index contributed by atoms with van der Waals surface area (Å²) in [5, 5.41) is 0. The molecule has 0 fully saturated rings. The van der Waals surface area contributed by atoms with E-state index in [9.17, 15) is 4.79 Å². The highest BCUT2D eigenvalue weighted by molar-refractivity contribution is 5.99. The zero-order valence-electron chi connectivity index (χ0n) is 10.1. The second-order valence-electron chi connectivity index (χ2n) is 4.14. The molecule has 4 heteroatoms. The molecule has 1 aromatic rings. The summed E-state index contributed by atoms with van der Waals surface area (Å²) in [7, 11) is 0. The van der Waals surface area contributed by atoms with E-state index >= 15 is 0 Å². The Bertz CT molecular complexity index is 406. The van der Waals surface area contributed by atoms with Crippen molar-refractivity contribution in [3.8, 4) is 5.75 Å². The first-order chi connectivity index (χ1) is 8.27. The second kappa shape index (κ2) is 5.19. The predicted octanol–water partition coefficient (Wildman–Crippen LogP) is 1.54. The SMILES string of the molecule is CCCN1C(=O)C(CCN)Oc2ccccc21. The molecular formula is C13H18N2O2. The molecule has 1 aliphatic heterocycles. The van der Waals surface area contributed by atoms with Crippen LogP contribution in [0.1, 0.15) is 19.8 Å². The average Bonchev–Trinajstić information content (AvgIpc) is 2.35. The molecule has 0 saturated heterocycles. The summed E-state index contributed by atoms with van der Waals surface area (Å²) in [5.41, 5.74) is 6.38. The van der Waals surface area contributed by atoms with Crippen molar-refractivity contribution in [2.45, 2.75) is 25.9 Å². The van der Waals surface area contributed by atoms with Crippen LogP contribution in [0.15, 0.2) is 24.3 Å². The van der Waals surface area contributed by atoms with Gasteiger partial charge in [0, 0.05) is 13.0 Å². The minimum Gasteiger partial charge on any atom is -0.478 e. The lowest BCUT2D eigenvalue weighted by molar-refractivity contribution is -0.126. The van der Waals surface area contributed by atoms with E-state index in [0.717, 1.165) is 24.4 Å². The number of para-hydroxylation sites is 2. The number of nitrogens with two attached hydrogens (primary N) is 1. The van der Waals surface area contributed by atoms with Crippen LogP contribution in [0.3, 0.4) is 0 Å². The largest absolute Gasteiger partial charge is 0.478 e. The van der Waals surface area contributed by atoms with Crippen molar-refractivity contribution in [2.24, 2.45) is 5.73 Å². The molecule has 1 aliphatic rings. The van der Waals surface area contributed by atoms with Gasteiger partial charge in [0.05, 0.1) is 5.69 Å². The minimum absolute atomic E-state index is 0.0241. The van der Waals surface area contributed by atoms with E-state index in [4.69, 9.17) is 10.5 Å². The molecule has 0 saturated carbocycles. The quantitative estimate of drug-likeness (QED) is 0.859. The van der Waals surface area contributed by atoms with Crippen molar-refractivity contribution < 1.29 is 9.53 Å². The molecule has 2 N–H and O–H groups in total. The van der Waals surface area contributed by atoms with Gasteiger partial charge in [-0.2, -0.15) is 0 Å². The van der Waals surface area contributed by atoms with E-state index in [1.54, 1.807) is 4.90 Å². The molecule has 4 nitrogen and oxygen atoms in total. The fourth-order valence-corrected chi connectivity index (χ4v) is 2.06. The zero-order chi connectivity index (χ0) is 12.3. The standard InChI is InChI=1S/C13H18N2O2/c1-2-9-15-10-5-3-4-6-11(10)17-12(7-8-14)13(15)16/h3-6,12H,2,7-9,14H2,1H3. The summed E-state index contributed by atoms with van der Waals surface area (Å²) in [6.45, 7) is 3.24. The van der Waals surface area contributed by atoms with Crippen LogP contribution in [-0.2, 0) is 4.79 Å². The van der Waals surface area contributed by atoms with Gasteiger partial charge in [0.15, 0.2) is 6.10 Å². The van der Waals surface area contributed by atoms with E-state index in [1.165, 1.54) is 0 Å². The molecule has 1 unspecified atom stereocenters. The summed E-state index contributed by atoms with van der Waals surface area (Å²) >= 11 is 0. The van der Waals surface area contributed by atoms with Crippen LogP contribution < -0.4 is 15.4 Å². The molecule has 0 radical (unpaired) electrons. The topological polar surface area (TPSA) is 55.6 Å². The Morgan fingerprint density at radius 1 is 1.41 bits per heavy atom. The first-order valence-electron chi connectivity index (χ1n) is 6.05. The molecule has 92 valence electrons. The lowest BCUT2D eigenvalue weighted by atomic mass is 10.1. The van der Waals surface area contributed by atoms with E-state index in [1.807, 2.05) is 24.3 Å².